The molecule has 0 spiro atoms. The zero-order valence-corrected chi connectivity index (χ0v) is 20.7. The van der Waals surface area contributed by atoms with Crippen LogP contribution in [0.5, 0.6) is 17.2 Å². The number of rotatable bonds is 9. The second-order valence-corrected chi connectivity index (χ2v) is 9.34. The van der Waals surface area contributed by atoms with Gasteiger partial charge in [-0.15, -0.1) is 0 Å². The van der Waals surface area contributed by atoms with Crippen LogP contribution >= 0.6 is 24.0 Å². The summed E-state index contributed by atoms with van der Waals surface area (Å²) >= 11 is 6.81. The normalized spacial score (nSPS) is 14.5. The Morgan fingerprint density at radius 1 is 0.941 bits per heavy atom. The number of thiocarbonyl (C=S) groups is 1. The van der Waals surface area contributed by atoms with Gasteiger partial charge in [0.05, 0.1) is 18.6 Å². The molecule has 1 aliphatic heterocycles. The van der Waals surface area contributed by atoms with E-state index in [-0.39, 0.29) is 5.91 Å². The number of thioether (sulfide) groups is 1. The molecule has 34 heavy (non-hydrogen) atoms. The van der Waals surface area contributed by atoms with Gasteiger partial charge in [0, 0.05) is 5.56 Å². The monoisotopic (exact) mass is 491 g/mol. The van der Waals surface area contributed by atoms with Gasteiger partial charge in [0.25, 0.3) is 5.91 Å². The van der Waals surface area contributed by atoms with Crippen LogP contribution in [0, 0.1) is 6.92 Å². The van der Waals surface area contributed by atoms with Crippen molar-refractivity contribution in [3.63, 3.8) is 0 Å². The fraction of sp³-hybridized carbons (Fsp3) is 0.185. The summed E-state index contributed by atoms with van der Waals surface area (Å²) in [7, 11) is 1.63. The van der Waals surface area contributed by atoms with Crippen LogP contribution < -0.4 is 14.2 Å². The van der Waals surface area contributed by atoms with Crippen molar-refractivity contribution in [2.75, 3.05) is 20.3 Å². The molecule has 0 unspecified atom stereocenters. The van der Waals surface area contributed by atoms with E-state index >= 15 is 0 Å². The molecule has 0 bridgehead atoms. The Labute approximate surface area is 209 Å². The van der Waals surface area contributed by atoms with Gasteiger partial charge in [-0.25, -0.2) is 0 Å². The maximum Gasteiger partial charge on any atom is 0.266 e. The Kier molecular flexibility index (Phi) is 7.87. The number of hydrogen-bond donors (Lipinski definition) is 0. The summed E-state index contributed by atoms with van der Waals surface area (Å²) in [5, 5.41) is 0. The van der Waals surface area contributed by atoms with Gasteiger partial charge in [0.1, 0.15) is 34.8 Å². The van der Waals surface area contributed by atoms with E-state index in [9.17, 15) is 4.79 Å². The van der Waals surface area contributed by atoms with Gasteiger partial charge in [-0.2, -0.15) is 0 Å². The van der Waals surface area contributed by atoms with Gasteiger partial charge in [-0.3, -0.25) is 9.69 Å². The molecule has 1 amide bonds. The van der Waals surface area contributed by atoms with E-state index in [0.29, 0.717) is 34.7 Å². The third-order valence-corrected chi connectivity index (χ3v) is 6.56. The Balaban J connectivity index is 1.42. The van der Waals surface area contributed by atoms with Crippen LogP contribution in [-0.2, 0) is 11.3 Å². The quantitative estimate of drug-likeness (QED) is 0.212. The Morgan fingerprint density at radius 3 is 2.38 bits per heavy atom. The summed E-state index contributed by atoms with van der Waals surface area (Å²) in [4.78, 5) is 15.3. The minimum Gasteiger partial charge on any atom is -0.497 e. The van der Waals surface area contributed by atoms with E-state index in [1.807, 2.05) is 85.8 Å². The Morgan fingerprint density at radius 2 is 1.65 bits per heavy atom. The first kappa shape index (κ1) is 23.9. The maximum absolute atomic E-state index is 13.1. The van der Waals surface area contributed by atoms with E-state index < -0.39 is 0 Å². The van der Waals surface area contributed by atoms with Gasteiger partial charge in [-0.05, 0) is 55.0 Å². The number of carbonyl (C=O) groups is 1. The van der Waals surface area contributed by atoms with Gasteiger partial charge in [0.15, 0.2) is 0 Å². The number of ether oxygens (including phenoxy) is 3. The lowest BCUT2D eigenvalue weighted by atomic mass is 10.1. The Bertz CT molecular complexity index is 1190. The predicted molar refractivity (Wildman–Crippen MR) is 140 cm³/mol. The average molecular weight is 492 g/mol. The molecule has 0 atom stereocenters. The van der Waals surface area contributed by atoms with Crippen molar-refractivity contribution in [1.29, 1.82) is 0 Å². The molecule has 0 radical (unpaired) electrons. The van der Waals surface area contributed by atoms with Crippen molar-refractivity contribution in [1.82, 2.24) is 4.90 Å². The molecule has 1 fully saturated rings. The molecular formula is C27H25NO4S2. The molecule has 0 aliphatic carbocycles. The highest BCUT2D eigenvalue weighted by atomic mass is 32.2. The molecule has 3 aromatic rings. The molecule has 7 heteroatoms. The van der Waals surface area contributed by atoms with Crippen LogP contribution in [0.25, 0.3) is 6.08 Å². The van der Waals surface area contributed by atoms with Gasteiger partial charge in [-0.1, -0.05) is 65.9 Å². The molecule has 174 valence electrons. The van der Waals surface area contributed by atoms with Crippen molar-refractivity contribution in [2.24, 2.45) is 0 Å². The van der Waals surface area contributed by atoms with Crippen LogP contribution in [0.3, 0.4) is 0 Å². The highest BCUT2D eigenvalue weighted by Crippen LogP contribution is 2.35. The van der Waals surface area contributed by atoms with Crippen LogP contribution in [-0.4, -0.2) is 35.5 Å². The van der Waals surface area contributed by atoms with Gasteiger partial charge in [0.2, 0.25) is 0 Å². The number of nitrogens with zero attached hydrogens (tertiary/aromatic N) is 1. The topological polar surface area (TPSA) is 48.0 Å². The lowest BCUT2D eigenvalue weighted by molar-refractivity contribution is -0.122. The summed E-state index contributed by atoms with van der Waals surface area (Å²) in [6, 6.07) is 23.2. The SMILES string of the molecule is COc1ccc(OCCOc2ccc(C)cc2C=C2SC(=S)N(Cc3ccccc3)C2=O)cc1. The molecule has 1 saturated heterocycles. The lowest BCUT2D eigenvalue weighted by Crippen LogP contribution is -2.27. The van der Waals surface area contributed by atoms with E-state index in [1.165, 1.54) is 11.8 Å². The molecule has 1 aliphatic rings. The highest BCUT2D eigenvalue weighted by Gasteiger charge is 2.32. The molecule has 3 aromatic carbocycles. The fourth-order valence-corrected chi connectivity index (χ4v) is 4.68. The number of aryl methyl sites for hydroxylation is 1. The van der Waals surface area contributed by atoms with Crippen molar-refractivity contribution < 1.29 is 19.0 Å². The molecule has 5 nitrogen and oxygen atoms in total. The van der Waals surface area contributed by atoms with Crippen molar-refractivity contribution >= 4 is 40.3 Å². The molecule has 0 N–H and O–H groups in total. The van der Waals surface area contributed by atoms with Crippen molar-refractivity contribution in [2.45, 2.75) is 13.5 Å². The zero-order chi connectivity index (χ0) is 23.9. The fourth-order valence-electron chi connectivity index (χ4n) is 3.44. The Hall–Kier alpha value is -3.29. The van der Waals surface area contributed by atoms with Gasteiger partial charge >= 0.3 is 0 Å². The molecule has 0 saturated carbocycles. The van der Waals surface area contributed by atoms with Crippen LogP contribution in [0.2, 0.25) is 0 Å². The van der Waals surface area contributed by atoms with E-state index in [0.717, 1.165) is 28.2 Å². The van der Waals surface area contributed by atoms with Crippen LogP contribution in [0.1, 0.15) is 16.7 Å². The third-order valence-electron chi connectivity index (χ3n) is 5.18. The number of benzene rings is 3. The van der Waals surface area contributed by atoms with Gasteiger partial charge < -0.3 is 14.2 Å². The average Bonchev–Trinajstić information content (AvgIpc) is 3.11. The molecule has 0 aromatic heterocycles. The largest absolute Gasteiger partial charge is 0.497 e. The smallest absolute Gasteiger partial charge is 0.266 e. The second kappa shape index (κ2) is 11.2. The maximum atomic E-state index is 13.1. The van der Waals surface area contributed by atoms with Crippen molar-refractivity contribution in [3.05, 3.63) is 94.4 Å². The van der Waals surface area contributed by atoms with E-state index in [1.54, 1.807) is 12.0 Å². The number of carbonyl (C=O) groups excluding carboxylic acids is 1. The van der Waals surface area contributed by atoms with Crippen LogP contribution in [0.4, 0.5) is 0 Å². The van der Waals surface area contributed by atoms with Crippen LogP contribution in [0.15, 0.2) is 77.7 Å². The first-order valence-electron chi connectivity index (χ1n) is 10.8. The number of amides is 1. The van der Waals surface area contributed by atoms with E-state index in [4.69, 9.17) is 26.4 Å². The highest BCUT2D eigenvalue weighted by molar-refractivity contribution is 8.26. The summed E-state index contributed by atoms with van der Waals surface area (Å²) < 4.78 is 17.5. The summed E-state index contributed by atoms with van der Waals surface area (Å²) in [5.74, 6) is 2.13. The van der Waals surface area contributed by atoms with Crippen molar-refractivity contribution in [3.8, 4) is 17.2 Å². The summed E-state index contributed by atoms with van der Waals surface area (Å²) in [6.07, 6.45) is 1.86. The molecule has 4 rings (SSSR count). The lowest BCUT2D eigenvalue weighted by Gasteiger charge is -2.14. The first-order valence-corrected chi connectivity index (χ1v) is 12.1. The standard InChI is InChI=1S/C27H25NO4S2/c1-19-8-13-24(32-15-14-31-23-11-9-22(30-2)10-12-23)21(16-19)17-25-26(29)28(27(33)34-25)18-20-6-4-3-5-7-20/h3-13,16-17H,14-15,18H2,1-2H3. The minimum atomic E-state index is -0.0888. The number of hydrogen-bond acceptors (Lipinski definition) is 6. The van der Waals surface area contributed by atoms with E-state index in [2.05, 4.69) is 0 Å². The first-order chi connectivity index (χ1) is 16.5. The summed E-state index contributed by atoms with van der Waals surface area (Å²) in [5.41, 5.74) is 2.95. The predicted octanol–water partition coefficient (Wildman–Crippen LogP) is 5.86. The second-order valence-electron chi connectivity index (χ2n) is 7.67. The zero-order valence-electron chi connectivity index (χ0n) is 19.0. The number of methoxy groups -OCH3 is 1. The third kappa shape index (κ3) is 5.98. The minimum absolute atomic E-state index is 0.0888. The molecular weight excluding hydrogens is 466 g/mol. The summed E-state index contributed by atoms with van der Waals surface area (Å²) in [6.45, 7) is 3.22. The molecule has 1 heterocycles.